The van der Waals surface area contributed by atoms with Gasteiger partial charge >= 0.3 is 0 Å². The summed E-state index contributed by atoms with van der Waals surface area (Å²) in [4.78, 5) is 0. The molecule has 3 nitrogen and oxygen atoms in total. The maximum absolute atomic E-state index is 5.13. The molecule has 0 fully saturated rings. The molecule has 0 aromatic carbocycles. The third-order valence-electron chi connectivity index (χ3n) is 0.337. The quantitative estimate of drug-likeness (QED) is 0.373. The van der Waals surface area contributed by atoms with Gasteiger partial charge in [-0.1, -0.05) is 0 Å². The van der Waals surface area contributed by atoms with E-state index in [0.717, 1.165) is 0 Å². The molecule has 0 aliphatic carbocycles. The minimum Gasteiger partial charge on any atom is -0.462 e. The summed E-state index contributed by atoms with van der Waals surface area (Å²) in [7, 11) is 0. The highest BCUT2D eigenvalue weighted by Crippen LogP contribution is 1.83. The second-order valence-corrected chi connectivity index (χ2v) is 1.29. The third kappa shape index (κ3) is 5.30. The number of nitrogens with two attached hydrogens (primary N) is 2. The van der Waals surface area contributed by atoms with Gasteiger partial charge in [0, 0.05) is 0 Å². The van der Waals surface area contributed by atoms with E-state index in [2.05, 4.69) is 11.3 Å². The van der Waals surface area contributed by atoms with Crippen molar-refractivity contribution in [3.05, 3.63) is 12.5 Å². The molecule has 0 aliphatic heterocycles. The third-order valence-corrected chi connectivity index (χ3v) is 0.337. The van der Waals surface area contributed by atoms with E-state index in [4.69, 9.17) is 11.5 Å². The van der Waals surface area contributed by atoms with Gasteiger partial charge in [-0.15, -0.1) is 0 Å². The monoisotopic (exact) mass is 102 g/mol. The molecule has 0 aromatic heterocycles. The lowest BCUT2D eigenvalue weighted by Crippen LogP contribution is -2.20. The van der Waals surface area contributed by atoms with Gasteiger partial charge in [-0.05, 0) is 13.5 Å². The molecule has 0 unspecified atom stereocenters. The Labute approximate surface area is 42.9 Å². The fourth-order valence-corrected chi connectivity index (χ4v) is 0.239. The lowest BCUT2D eigenvalue weighted by atomic mass is 10.7. The lowest BCUT2D eigenvalue weighted by Gasteiger charge is -2.05. The zero-order valence-corrected chi connectivity index (χ0v) is 4.35. The van der Waals surface area contributed by atoms with Gasteiger partial charge in [-0.2, -0.15) is 0 Å². The molecule has 1 atom stereocenters. The first-order valence-corrected chi connectivity index (χ1v) is 1.99. The molecule has 42 valence electrons. The molecule has 0 aliphatic rings. The van der Waals surface area contributed by atoms with Crippen molar-refractivity contribution in [2.75, 3.05) is 0 Å². The average molecular weight is 102 g/mol. The largest absolute Gasteiger partial charge is 0.462 e. The summed E-state index contributed by atoms with van der Waals surface area (Å²) in [6.07, 6.45) is -0.350. The van der Waals surface area contributed by atoms with Crippen molar-refractivity contribution in [3.8, 4) is 0 Å². The molecule has 7 heavy (non-hydrogen) atoms. The molecule has 0 saturated carbocycles. The van der Waals surface area contributed by atoms with Crippen LogP contribution in [0.15, 0.2) is 12.5 Å². The van der Waals surface area contributed by atoms with Crippen molar-refractivity contribution in [1.29, 1.82) is 0 Å². The first-order chi connectivity index (χ1) is 3.13. The Kier molecular flexibility index (Phi) is 2.22. The summed E-state index contributed by atoms with van der Waals surface area (Å²) in [6.45, 7) is 4.95. The standard InChI is InChI=1S/C4H10N2O/c1-3(5)7-4(2)6/h4H,1,5-6H2,2H3/t4-/m1/s1. The van der Waals surface area contributed by atoms with Crippen LogP contribution in [0.1, 0.15) is 6.92 Å². The summed E-state index contributed by atoms with van der Waals surface area (Å²) < 4.78 is 4.61. The summed E-state index contributed by atoms with van der Waals surface area (Å²) in [5.74, 6) is 0.162. The maximum Gasteiger partial charge on any atom is 0.178 e. The SMILES string of the molecule is C=C(N)O[C@H](C)N. The van der Waals surface area contributed by atoms with E-state index in [-0.39, 0.29) is 12.1 Å². The second kappa shape index (κ2) is 2.47. The molecule has 0 heterocycles. The van der Waals surface area contributed by atoms with Crippen LogP contribution in [0.25, 0.3) is 0 Å². The zero-order valence-electron chi connectivity index (χ0n) is 4.35. The van der Waals surface area contributed by atoms with Gasteiger partial charge < -0.3 is 10.5 Å². The molecule has 3 heteroatoms. The van der Waals surface area contributed by atoms with Crippen molar-refractivity contribution in [2.24, 2.45) is 11.5 Å². The Bertz CT molecular complexity index is 70.1. The number of hydrogen-bond acceptors (Lipinski definition) is 3. The van der Waals surface area contributed by atoms with E-state index in [1.165, 1.54) is 0 Å². The van der Waals surface area contributed by atoms with E-state index < -0.39 is 0 Å². The molecule has 0 amide bonds. The van der Waals surface area contributed by atoms with Crippen molar-refractivity contribution in [1.82, 2.24) is 0 Å². The van der Waals surface area contributed by atoms with E-state index in [1.807, 2.05) is 0 Å². The highest BCUT2D eigenvalue weighted by Gasteiger charge is 1.88. The van der Waals surface area contributed by atoms with E-state index in [1.54, 1.807) is 6.92 Å². The highest BCUT2D eigenvalue weighted by molar-refractivity contribution is 4.71. The molecule has 0 bridgehead atoms. The Morgan fingerprint density at radius 2 is 2.29 bits per heavy atom. The fraction of sp³-hybridized carbons (Fsp3) is 0.500. The average Bonchev–Trinajstić information content (AvgIpc) is 1.27. The van der Waals surface area contributed by atoms with Crippen LogP contribution < -0.4 is 11.5 Å². The van der Waals surface area contributed by atoms with E-state index in [0.29, 0.717) is 0 Å². The van der Waals surface area contributed by atoms with Crippen molar-refractivity contribution >= 4 is 0 Å². The van der Waals surface area contributed by atoms with Crippen LogP contribution in [0, 0.1) is 0 Å². The Balaban J connectivity index is 3.13. The van der Waals surface area contributed by atoms with Gasteiger partial charge in [0.25, 0.3) is 0 Å². The first kappa shape index (κ1) is 6.30. The molecule has 0 spiro atoms. The summed E-state index contributed by atoms with van der Waals surface area (Å²) >= 11 is 0. The van der Waals surface area contributed by atoms with Gasteiger partial charge in [0.05, 0.1) is 0 Å². The predicted molar refractivity (Wildman–Crippen MR) is 28.1 cm³/mol. The first-order valence-electron chi connectivity index (χ1n) is 1.99. The number of ether oxygens (including phenoxy) is 1. The topological polar surface area (TPSA) is 61.3 Å². The van der Waals surface area contributed by atoms with Crippen molar-refractivity contribution in [2.45, 2.75) is 13.2 Å². The van der Waals surface area contributed by atoms with Gasteiger partial charge in [0.15, 0.2) is 5.88 Å². The van der Waals surface area contributed by atoms with E-state index >= 15 is 0 Å². The second-order valence-electron chi connectivity index (χ2n) is 1.29. The predicted octanol–water partition coefficient (Wildman–Crippen LogP) is -0.262. The minimum absolute atomic E-state index is 0.162. The minimum atomic E-state index is -0.350. The van der Waals surface area contributed by atoms with Crippen molar-refractivity contribution < 1.29 is 4.74 Å². The molecular weight excluding hydrogens is 92.1 g/mol. The number of rotatable bonds is 2. The molecule has 0 saturated heterocycles. The summed E-state index contributed by atoms with van der Waals surface area (Å²) in [5.41, 5.74) is 10.1. The molecule has 0 rings (SSSR count). The Hall–Kier alpha value is -0.700. The van der Waals surface area contributed by atoms with Crippen LogP contribution in [0.2, 0.25) is 0 Å². The van der Waals surface area contributed by atoms with Gasteiger partial charge in [0.1, 0.15) is 6.23 Å². The van der Waals surface area contributed by atoms with Gasteiger partial charge in [0.2, 0.25) is 0 Å². The van der Waals surface area contributed by atoms with Crippen LogP contribution in [0.3, 0.4) is 0 Å². The Morgan fingerprint density at radius 3 is 2.29 bits per heavy atom. The van der Waals surface area contributed by atoms with Crippen LogP contribution >= 0.6 is 0 Å². The zero-order chi connectivity index (χ0) is 5.86. The van der Waals surface area contributed by atoms with Crippen LogP contribution in [-0.4, -0.2) is 6.23 Å². The summed E-state index contributed by atoms with van der Waals surface area (Å²) in [6, 6.07) is 0. The highest BCUT2D eigenvalue weighted by atomic mass is 16.5. The van der Waals surface area contributed by atoms with E-state index in [9.17, 15) is 0 Å². The van der Waals surface area contributed by atoms with Crippen LogP contribution in [0.4, 0.5) is 0 Å². The normalized spacial score (nSPS) is 12.9. The lowest BCUT2D eigenvalue weighted by molar-refractivity contribution is 0.136. The van der Waals surface area contributed by atoms with Crippen molar-refractivity contribution in [3.63, 3.8) is 0 Å². The number of hydrogen-bond donors (Lipinski definition) is 2. The molecule has 0 aromatic rings. The smallest absolute Gasteiger partial charge is 0.178 e. The van der Waals surface area contributed by atoms with Crippen LogP contribution in [0.5, 0.6) is 0 Å². The summed E-state index contributed by atoms with van der Waals surface area (Å²) in [5, 5.41) is 0. The van der Waals surface area contributed by atoms with Gasteiger partial charge in [-0.25, -0.2) is 0 Å². The van der Waals surface area contributed by atoms with Gasteiger partial charge in [-0.3, -0.25) is 5.73 Å². The molecule has 0 radical (unpaired) electrons. The maximum atomic E-state index is 5.13. The van der Waals surface area contributed by atoms with Crippen LogP contribution in [-0.2, 0) is 4.74 Å². The fourth-order valence-electron chi connectivity index (χ4n) is 0.239. The molecular formula is C4H10N2O. The Morgan fingerprint density at radius 1 is 1.86 bits per heavy atom. The molecule has 4 N–H and O–H groups in total.